The summed E-state index contributed by atoms with van der Waals surface area (Å²) in [6.45, 7) is 2.02. The molecule has 0 spiro atoms. The lowest BCUT2D eigenvalue weighted by atomic mass is 10.1. The number of nitrogens with one attached hydrogen (secondary N) is 2. The average molecular weight is 319 g/mol. The van der Waals surface area contributed by atoms with Crippen LogP contribution < -0.4 is 11.0 Å². The second kappa shape index (κ2) is 7.32. The van der Waals surface area contributed by atoms with Gasteiger partial charge in [-0.2, -0.15) is 5.10 Å². The van der Waals surface area contributed by atoms with E-state index in [0.717, 1.165) is 11.1 Å². The Morgan fingerprint density at radius 1 is 1.08 bits per heavy atom. The molecule has 0 fully saturated rings. The van der Waals surface area contributed by atoms with Gasteiger partial charge in [-0.15, -0.1) is 10.2 Å². The van der Waals surface area contributed by atoms with Gasteiger partial charge in [0.15, 0.2) is 0 Å². The Hall–Kier alpha value is -3.28. The molecule has 0 saturated carbocycles. The summed E-state index contributed by atoms with van der Waals surface area (Å²) in [6, 6.07) is 17.6. The lowest BCUT2D eigenvalue weighted by molar-refractivity contribution is 0.866. The number of rotatable bonds is 5. The number of hydrogen-bond acceptors (Lipinski definition) is 5. The Labute approximate surface area is 139 Å². The zero-order chi connectivity index (χ0) is 16.8. The van der Waals surface area contributed by atoms with E-state index in [1.807, 2.05) is 61.5 Å². The van der Waals surface area contributed by atoms with E-state index < -0.39 is 0 Å². The molecule has 2 aromatic carbocycles. The van der Waals surface area contributed by atoms with Crippen LogP contribution in [0.3, 0.4) is 0 Å². The predicted octanol–water partition coefficient (Wildman–Crippen LogP) is 2.51. The summed E-state index contributed by atoms with van der Waals surface area (Å²) >= 11 is 0. The monoisotopic (exact) mass is 319 g/mol. The Morgan fingerprint density at radius 3 is 2.54 bits per heavy atom. The third kappa shape index (κ3) is 4.13. The molecule has 2 N–H and O–H groups in total. The molecule has 120 valence electrons. The van der Waals surface area contributed by atoms with Crippen molar-refractivity contribution in [1.82, 2.24) is 15.2 Å². The van der Waals surface area contributed by atoms with Crippen molar-refractivity contribution in [2.24, 2.45) is 5.10 Å². The number of H-pyrrole nitrogens is 1. The number of aromatic nitrogens is 3. The van der Waals surface area contributed by atoms with E-state index in [0.29, 0.717) is 12.1 Å². The number of anilines is 1. The Balaban J connectivity index is 1.66. The second-order valence-electron chi connectivity index (χ2n) is 5.39. The van der Waals surface area contributed by atoms with Crippen LogP contribution in [0.4, 0.5) is 5.95 Å². The van der Waals surface area contributed by atoms with Crippen LogP contribution >= 0.6 is 0 Å². The van der Waals surface area contributed by atoms with E-state index in [-0.39, 0.29) is 11.5 Å². The molecule has 0 unspecified atom stereocenters. The van der Waals surface area contributed by atoms with Crippen molar-refractivity contribution in [2.75, 3.05) is 5.43 Å². The molecule has 3 rings (SSSR count). The lowest BCUT2D eigenvalue weighted by Gasteiger charge is -2.02. The Bertz CT molecular complexity index is 885. The molecule has 0 aliphatic carbocycles. The minimum absolute atomic E-state index is 0.208. The van der Waals surface area contributed by atoms with Crippen LogP contribution in [0.1, 0.15) is 22.4 Å². The van der Waals surface area contributed by atoms with Crippen LogP contribution in [0.5, 0.6) is 0 Å². The predicted molar refractivity (Wildman–Crippen MR) is 94.3 cm³/mol. The summed E-state index contributed by atoms with van der Waals surface area (Å²) in [5.41, 5.74) is 5.92. The maximum absolute atomic E-state index is 12.1. The van der Waals surface area contributed by atoms with Crippen molar-refractivity contribution >= 4 is 12.2 Å². The summed E-state index contributed by atoms with van der Waals surface area (Å²) in [7, 11) is 0. The van der Waals surface area contributed by atoms with Crippen LogP contribution in [-0.4, -0.2) is 21.4 Å². The molecule has 0 atom stereocenters. The van der Waals surface area contributed by atoms with Gasteiger partial charge in [0.2, 0.25) is 5.95 Å². The molecular weight excluding hydrogens is 302 g/mol. The van der Waals surface area contributed by atoms with Crippen molar-refractivity contribution in [3.63, 3.8) is 0 Å². The molecule has 6 heteroatoms. The molecule has 0 radical (unpaired) electrons. The summed E-state index contributed by atoms with van der Waals surface area (Å²) < 4.78 is 0. The third-order valence-electron chi connectivity index (χ3n) is 3.44. The van der Waals surface area contributed by atoms with Crippen molar-refractivity contribution < 1.29 is 0 Å². The number of benzene rings is 2. The van der Waals surface area contributed by atoms with Gasteiger partial charge in [-0.05, 0) is 18.1 Å². The molecule has 0 aliphatic heterocycles. The van der Waals surface area contributed by atoms with Crippen LogP contribution in [0.25, 0.3) is 0 Å². The molecule has 0 saturated heterocycles. The smallest absolute Gasteiger partial charge is 0.274 e. The minimum Gasteiger partial charge on any atom is -0.288 e. The molecule has 0 aliphatic rings. The Kier molecular flexibility index (Phi) is 4.76. The van der Waals surface area contributed by atoms with E-state index >= 15 is 0 Å². The SMILES string of the molecule is Cc1ccc(/C=N/Nc2nnc(Cc3ccccc3)c(=O)[nH]2)cc1. The lowest BCUT2D eigenvalue weighted by Crippen LogP contribution is -2.18. The van der Waals surface area contributed by atoms with Crippen molar-refractivity contribution in [3.05, 3.63) is 87.3 Å². The first-order valence-corrected chi connectivity index (χ1v) is 7.56. The number of hydrazone groups is 1. The zero-order valence-electron chi connectivity index (χ0n) is 13.2. The van der Waals surface area contributed by atoms with Gasteiger partial charge in [0.05, 0.1) is 6.21 Å². The highest BCUT2D eigenvalue weighted by Crippen LogP contribution is 2.04. The van der Waals surface area contributed by atoms with Crippen LogP contribution in [-0.2, 0) is 6.42 Å². The Morgan fingerprint density at radius 2 is 1.83 bits per heavy atom. The van der Waals surface area contributed by atoms with Gasteiger partial charge in [-0.25, -0.2) is 5.43 Å². The van der Waals surface area contributed by atoms with E-state index in [2.05, 4.69) is 25.7 Å². The first-order chi connectivity index (χ1) is 11.7. The van der Waals surface area contributed by atoms with Gasteiger partial charge >= 0.3 is 0 Å². The van der Waals surface area contributed by atoms with Crippen molar-refractivity contribution in [3.8, 4) is 0 Å². The quantitative estimate of drug-likeness (QED) is 0.559. The highest BCUT2D eigenvalue weighted by atomic mass is 16.1. The first kappa shape index (κ1) is 15.6. The fraction of sp³-hybridized carbons (Fsp3) is 0.111. The van der Waals surface area contributed by atoms with E-state index in [1.165, 1.54) is 5.56 Å². The van der Waals surface area contributed by atoms with Crippen LogP contribution in [0.15, 0.2) is 64.5 Å². The summed E-state index contributed by atoms with van der Waals surface area (Å²) in [5.74, 6) is 0.208. The van der Waals surface area contributed by atoms with Crippen molar-refractivity contribution in [1.29, 1.82) is 0 Å². The summed E-state index contributed by atoms with van der Waals surface area (Å²) in [6.07, 6.45) is 2.09. The molecule has 0 bridgehead atoms. The van der Waals surface area contributed by atoms with Gasteiger partial charge in [-0.3, -0.25) is 9.78 Å². The highest BCUT2D eigenvalue weighted by Gasteiger charge is 2.05. The molecule has 24 heavy (non-hydrogen) atoms. The van der Waals surface area contributed by atoms with Crippen LogP contribution in [0, 0.1) is 6.92 Å². The van der Waals surface area contributed by atoms with Gasteiger partial charge in [0.25, 0.3) is 5.56 Å². The van der Waals surface area contributed by atoms with E-state index in [1.54, 1.807) is 6.21 Å². The second-order valence-corrected chi connectivity index (χ2v) is 5.39. The largest absolute Gasteiger partial charge is 0.288 e. The normalized spacial score (nSPS) is 10.9. The fourth-order valence-electron chi connectivity index (χ4n) is 2.14. The third-order valence-corrected chi connectivity index (χ3v) is 3.44. The molecule has 3 aromatic rings. The van der Waals surface area contributed by atoms with E-state index in [9.17, 15) is 4.79 Å². The standard InChI is InChI=1S/C18H17N5O/c1-13-7-9-15(10-8-13)12-19-22-18-20-17(24)16(21-23-18)11-14-5-3-2-4-6-14/h2-10,12H,11H2,1H3,(H2,20,22,23,24)/b19-12+. The molecule has 0 amide bonds. The van der Waals surface area contributed by atoms with Crippen LogP contribution in [0.2, 0.25) is 0 Å². The number of aromatic amines is 1. The average Bonchev–Trinajstić information content (AvgIpc) is 2.60. The number of nitrogens with zero attached hydrogens (tertiary/aromatic N) is 3. The van der Waals surface area contributed by atoms with Gasteiger partial charge in [0.1, 0.15) is 5.69 Å². The molecular formula is C18H17N5O. The van der Waals surface area contributed by atoms with Crippen molar-refractivity contribution in [2.45, 2.75) is 13.3 Å². The van der Waals surface area contributed by atoms with Gasteiger partial charge in [0, 0.05) is 6.42 Å². The zero-order valence-corrected chi connectivity index (χ0v) is 13.2. The maximum Gasteiger partial charge on any atom is 0.274 e. The summed E-state index contributed by atoms with van der Waals surface area (Å²) in [4.78, 5) is 14.7. The molecule has 1 heterocycles. The van der Waals surface area contributed by atoms with Gasteiger partial charge < -0.3 is 0 Å². The van der Waals surface area contributed by atoms with E-state index in [4.69, 9.17) is 0 Å². The number of aryl methyl sites for hydroxylation is 1. The number of hydrogen-bond donors (Lipinski definition) is 2. The summed E-state index contributed by atoms with van der Waals surface area (Å²) in [5, 5.41) is 12.0. The maximum atomic E-state index is 12.1. The first-order valence-electron chi connectivity index (χ1n) is 7.56. The fourth-order valence-corrected chi connectivity index (χ4v) is 2.14. The molecule has 1 aromatic heterocycles. The minimum atomic E-state index is -0.276. The molecule has 6 nitrogen and oxygen atoms in total. The van der Waals surface area contributed by atoms with Gasteiger partial charge in [-0.1, -0.05) is 60.2 Å². The highest BCUT2D eigenvalue weighted by molar-refractivity contribution is 5.79. The topological polar surface area (TPSA) is 83.0 Å².